The summed E-state index contributed by atoms with van der Waals surface area (Å²) in [6, 6.07) is 9.30. The van der Waals surface area contributed by atoms with Gasteiger partial charge in [0.2, 0.25) is 0 Å². The minimum atomic E-state index is -4.28. The molecule has 3 aromatic rings. The fourth-order valence-corrected chi connectivity index (χ4v) is 3.34. The zero-order chi connectivity index (χ0) is 20.3. The molecular formula is C17H15N3O7S. The Morgan fingerprint density at radius 2 is 1.89 bits per heavy atom. The Balaban J connectivity index is 1.90. The Kier molecular flexibility index (Phi) is 5.18. The first-order valence-corrected chi connectivity index (χ1v) is 9.44. The van der Waals surface area contributed by atoms with Crippen molar-refractivity contribution in [1.29, 1.82) is 0 Å². The first kappa shape index (κ1) is 19.2. The molecule has 1 aromatic heterocycles. The second-order valence-electron chi connectivity index (χ2n) is 5.53. The number of hydrogen-bond donors (Lipinski definition) is 3. The number of ether oxygens (including phenoxy) is 1. The lowest BCUT2D eigenvalue weighted by molar-refractivity contribution is 0.168. The van der Waals surface area contributed by atoms with Crippen molar-refractivity contribution < 1.29 is 22.1 Å². The predicted octanol–water partition coefficient (Wildman–Crippen LogP) is 1.55. The zero-order valence-electron chi connectivity index (χ0n) is 14.5. The van der Waals surface area contributed by atoms with Gasteiger partial charge in [-0.1, -0.05) is 6.07 Å². The van der Waals surface area contributed by atoms with Crippen molar-refractivity contribution in [3.05, 3.63) is 63.3 Å². The summed E-state index contributed by atoms with van der Waals surface area (Å²) >= 11 is 0. The number of amides is 1. The maximum atomic E-state index is 12.5. The first-order valence-electron chi connectivity index (χ1n) is 8.03. The summed E-state index contributed by atoms with van der Waals surface area (Å²) in [5.74, 6) is -0.0511. The molecular weight excluding hydrogens is 390 g/mol. The quantitative estimate of drug-likeness (QED) is 0.546. The average molecular weight is 405 g/mol. The Bertz CT molecular complexity index is 1260. The van der Waals surface area contributed by atoms with Crippen molar-refractivity contribution in [2.24, 2.45) is 0 Å². The van der Waals surface area contributed by atoms with Crippen molar-refractivity contribution in [3.63, 3.8) is 0 Å². The molecule has 0 fully saturated rings. The van der Waals surface area contributed by atoms with Crippen LogP contribution in [0.2, 0.25) is 0 Å². The van der Waals surface area contributed by atoms with E-state index in [9.17, 15) is 22.8 Å². The SMILES string of the molecule is CCOC(=O)Nc1cccc(OS(=O)(=O)c2ccc3[nH]c(=O)[nH]c(=O)c3c2)c1. The highest BCUT2D eigenvalue weighted by atomic mass is 32.2. The van der Waals surface area contributed by atoms with E-state index < -0.39 is 27.5 Å². The van der Waals surface area contributed by atoms with E-state index in [4.69, 9.17) is 8.92 Å². The smallest absolute Gasteiger partial charge is 0.411 e. The molecule has 2 aromatic carbocycles. The van der Waals surface area contributed by atoms with Gasteiger partial charge in [-0.25, -0.2) is 9.59 Å². The van der Waals surface area contributed by atoms with E-state index >= 15 is 0 Å². The van der Waals surface area contributed by atoms with Crippen molar-refractivity contribution in [3.8, 4) is 5.75 Å². The number of carbonyl (C=O) groups excluding carboxylic acids is 1. The number of aromatic amines is 2. The number of carbonyl (C=O) groups is 1. The minimum Gasteiger partial charge on any atom is -0.450 e. The Labute approximate surface area is 158 Å². The number of rotatable bonds is 5. The number of anilines is 1. The molecule has 0 atom stereocenters. The van der Waals surface area contributed by atoms with Crippen molar-refractivity contribution >= 4 is 32.8 Å². The monoisotopic (exact) mass is 405 g/mol. The van der Waals surface area contributed by atoms with E-state index in [1.165, 1.54) is 36.4 Å². The largest absolute Gasteiger partial charge is 0.450 e. The molecule has 10 nitrogen and oxygen atoms in total. The summed E-state index contributed by atoms with van der Waals surface area (Å²) in [6.45, 7) is 1.83. The highest BCUT2D eigenvalue weighted by Crippen LogP contribution is 2.23. The normalized spacial score (nSPS) is 11.2. The summed E-state index contributed by atoms with van der Waals surface area (Å²) in [6.07, 6.45) is -0.690. The maximum Gasteiger partial charge on any atom is 0.411 e. The molecule has 0 aliphatic rings. The molecule has 0 spiro atoms. The number of H-pyrrole nitrogens is 2. The van der Waals surface area contributed by atoms with Gasteiger partial charge in [-0.3, -0.25) is 15.1 Å². The third kappa shape index (κ3) is 4.20. The Morgan fingerprint density at radius 3 is 2.64 bits per heavy atom. The lowest BCUT2D eigenvalue weighted by atomic mass is 10.2. The molecule has 3 N–H and O–H groups in total. The number of benzene rings is 2. The van der Waals surface area contributed by atoms with Crippen molar-refractivity contribution in [1.82, 2.24) is 9.97 Å². The van der Waals surface area contributed by atoms with Gasteiger partial charge in [0.1, 0.15) is 10.6 Å². The summed E-state index contributed by atoms with van der Waals surface area (Å²) in [5, 5.41) is 2.42. The summed E-state index contributed by atoms with van der Waals surface area (Å²) in [4.78, 5) is 38.8. The van der Waals surface area contributed by atoms with Gasteiger partial charge < -0.3 is 13.9 Å². The van der Waals surface area contributed by atoms with E-state index in [-0.39, 0.29) is 33.8 Å². The number of fused-ring (bicyclic) bond motifs is 1. The van der Waals surface area contributed by atoms with Gasteiger partial charge in [-0.05, 0) is 37.3 Å². The minimum absolute atomic E-state index is 0.0120. The van der Waals surface area contributed by atoms with Gasteiger partial charge >= 0.3 is 21.9 Å². The van der Waals surface area contributed by atoms with Crippen LogP contribution in [0.25, 0.3) is 10.9 Å². The van der Waals surface area contributed by atoms with Crippen molar-refractivity contribution in [2.75, 3.05) is 11.9 Å². The third-order valence-corrected chi connectivity index (χ3v) is 4.80. The molecule has 0 aliphatic heterocycles. The molecule has 11 heteroatoms. The van der Waals surface area contributed by atoms with Gasteiger partial charge in [0.25, 0.3) is 5.56 Å². The number of nitrogens with one attached hydrogen (secondary N) is 3. The topological polar surface area (TPSA) is 147 Å². The maximum absolute atomic E-state index is 12.5. The van der Waals surface area contributed by atoms with Crippen LogP contribution < -0.4 is 20.7 Å². The molecule has 0 saturated heterocycles. The lowest BCUT2D eigenvalue weighted by Crippen LogP contribution is -2.22. The van der Waals surface area contributed by atoms with Crippen LogP contribution in [0.4, 0.5) is 10.5 Å². The van der Waals surface area contributed by atoms with Gasteiger partial charge in [0.05, 0.1) is 17.5 Å². The van der Waals surface area contributed by atoms with E-state index in [1.54, 1.807) is 6.92 Å². The molecule has 0 unspecified atom stereocenters. The fourth-order valence-electron chi connectivity index (χ4n) is 2.39. The highest BCUT2D eigenvalue weighted by Gasteiger charge is 2.18. The second-order valence-corrected chi connectivity index (χ2v) is 7.07. The molecule has 28 heavy (non-hydrogen) atoms. The predicted molar refractivity (Wildman–Crippen MR) is 100 cm³/mol. The van der Waals surface area contributed by atoms with Crippen LogP contribution in [0.5, 0.6) is 5.75 Å². The highest BCUT2D eigenvalue weighted by molar-refractivity contribution is 7.87. The van der Waals surface area contributed by atoms with Crippen LogP contribution in [0, 0.1) is 0 Å². The fraction of sp³-hybridized carbons (Fsp3) is 0.118. The third-order valence-electron chi connectivity index (χ3n) is 3.56. The lowest BCUT2D eigenvalue weighted by Gasteiger charge is -2.10. The van der Waals surface area contributed by atoms with Crippen LogP contribution in [0.1, 0.15) is 6.92 Å². The molecule has 1 amide bonds. The van der Waals surface area contributed by atoms with E-state index in [0.717, 1.165) is 6.07 Å². The molecule has 146 valence electrons. The summed E-state index contributed by atoms with van der Waals surface area (Å²) in [7, 11) is -4.28. The molecule has 3 rings (SSSR count). The summed E-state index contributed by atoms with van der Waals surface area (Å²) in [5.41, 5.74) is -0.960. The van der Waals surface area contributed by atoms with Gasteiger partial charge in [0, 0.05) is 11.8 Å². The summed E-state index contributed by atoms with van der Waals surface area (Å²) < 4.78 is 34.9. The molecule has 0 saturated carbocycles. The number of aromatic nitrogens is 2. The molecule has 0 bridgehead atoms. The van der Waals surface area contributed by atoms with E-state index in [1.807, 2.05) is 4.98 Å². The van der Waals surface area contributed by atoms with E-state index in [0.29, 0.717) is 0 Å². The van der Waals surface area contributed by atoms with E-state index in [2.05, 4.69) is 10.3 Å². The van der Waals surface area contributed by atoms with Crippen molar-refractivity contribution in [2.45, 2.75) is 11.8 Å². The standard InChI is InChI=1S/C17H15N3O7S/c1-2-26-17(23)18-10-4-3-5-11(8-10)27-28(24,25)12-6-7-14-13(9-12)15(21)20-16(22)19-14/h3-9H,2H2,1H3,(H,18,23)(H2,19,20,21,22). The van der Waals surface area contributed by atoms with Gasteiger partial charge in [-0.2, -0.15) is 8.42 Å². The van der Waals surface area contributed by atoms with Crippen LogP contribution >= 0.6 is 0 Å². The van der Waals surface area contributed by atoms with Gasteiger partial charge in [0.15, 0.2) is 0 Å². The Hall–Kier alpha value is -3.60. The molecule has 0 radical (unpaired) electrons. The average Bonchev–Trinajstić information content (AvgIpc) is 2.61. The number of hydrogen-bond acceptors (Lipinski definition) is 7. The Morgan fingerprint density at radius 1 is 1.11 bits per heavy atom. The van der Waals surface area contributed by atoms with Crippen LogP contribution in [-0.2, 0) is 14.9 Å². The van der Waals surface area contributed by atoms with Gasteiger partial charge in [-0.15, -0.1) is 0 Å². The molecule has 0 aliphatic carbocycles. The zero-order valence-corrected chi connectivity index (χ0v) is 15.3. The molecule has 1 heterocycles. The first-order chi connectivity index (χ1) is 13.3. The van der Waals surface area contributed by atoms with Crippen LogP contribution in [-0.4, -0.2) is 31.1 Å². The van der Waals surface area contributed by atoms with Crippen LogP contribution in [0.3, 0.4) is 0 Å². The van der Waals surface area contributed by atoms with Crippen LogP contribution in [0.15, 0.2) is 56.9 Å². The second kappa shape index (κ2) is 7.56.